The number of carbonyl (C=O) groups excluding carboxylic acids is 3. The Kier molecular flexibility index (Phi) is 5.46. The second-order valence-electron chi connectivity index (χ2n) is 7.81. The lowest BCUT2D eigenvalue weighted by molar-refractivity contribution is -0.130. The minimum atomic E-state index is -0.533. The first-order chi connectivity index (χ1) is 13.6. The molecule has 3 aliphatic rings. The maximum absolute atomic E-state index is 13.4. The second-order valence-corrected chi connectivity index (χ2v) is 7.81. The van der Waals surface area contributed by atoms with Gasteiger partial charge in [-0.25, -0.2) is 4.90 Å². The highest BCUT2D eigenvalue weighted by atomic mass is 16.2. The first-order valence-corrected chi connectivity index (χ1v) is 10.3. The van der Waals surface area contributed by atoms with Crippen molar-refractivity contribution in [3.05, 3.63) is 29.8 Å². The SMILES string of the molecule is CCN1CCN(CC(=O)N2C(=O)[C@@H]3CCCCN3C(=O)c3ccccc32)CC1. The number of benzene rings is 1. The number of rotatable bonds is 3. The van der Waals surface area contributed by atoms with Crippen LogP contribution in [-0.4, -0.2) is 84.3 Å². The van der Waals surface area contributed by atoms with E-state index >= 15 is 0 Å². The molecule has 0 aliphatic carbocycles. The van der Waals surface area contributed by atoms with Gasteiger partial charge in [-0.05, 0) is 37.9 Å². The molecule has 0 N–H and O–H groups in total. The van der Waals surface area contributed by atoms with Crippen LogP contribution in [0.5, 0.6) is 0 Å². The molecule has 7 heteroatoms. The van der Waals surface area contributed by atoms with Gasteiger partial charge in [0.25, 0.3) is 11.8 Å². The van der Waals surface area contributed by atoms with E-state index in [2.05, 4.69) is 16.7 Å². The van der Waals surface area contributed by atoms with E-state index in [1.54, 1.807) is 29.2 Å². The lowest BCUT2D eigenvalue weighted by atomic mass is 10.0. The van der Waals surface area contributed by atoms with Crippen molar-refractivity contribution < 1.29 is 14.4 Å². The average molecular weight is 384 g/mol. The van der Waals surface area contributed by atoms with Crippen molar-refractivity contribution in [2.45, 2.75) is 32.2 Å². The number of amides is 3. The van der Waals surface area contributed by atoms with Crippen LogP contribution in [0.25, 0.3) is 0 Å². The summed E-state index contributed by atoms with van der Waals surface area (Å²) in [6.45, 7) is 7.44. The molecule has 0 unspecified atom stereocenters. The average Bonchev–Trinajstić information content (AvgIpc) is 2.82. The van der Waals surface area contributed by atoms with Crippen molar-refractivity contribution in [2.75, 3.05) is 50.7 Å². The minimum absolute atomic E-state index is 0.138. The highest BCUT2D eigenvalue weighted by molar-refractivity contribution is 6.22. The molecule has 1 atom stereocenters. The highest BCUT2D eigenvalue weighted by Crippen LogP contribution is 2.32. The zero-order chi connectivity index (χ0) is 19.7. The molecule has 7 nitrogen and oxygen atoms in total. The van der Waals surface area contributed by atoms with Crippen LogP contribution in [0.15, 0.2) is 24.3 Å². The molecule has 4 rings (SSSR count). The predicted molar refractivity (Wildman–Crippen MR) is 106 cm³/mol. The molecule has 3 heterocycles. The van der Waals surface area contributed by atoms with Crippen molar-refractivity contribution in [3.63, 3.8) is 0 Å². The van der Waals surface area contributed by atoms with Gasteiger partial charge in [0, 0.05) is 32.7 Å². The molecule has 0 bridgehead atoms. The largest absolute Gasteiger partial charge is 0.327 e. The van der Waals surface area contributed by atoms with Crippen LogP contribution in [0, 0.1) is 0 Å². The van der Waals surface area contributed by atoms with Gasteiger partial charge in [-0.3, -0.25) is 19.3 Å². The topological polar surface area (TPSA) is 64.2 Å². The van der Waals surface area contributed by atoms with E-state index in [0.717, 1.165) is 45.6 Å². The summed E-state index contributed by atoms with van der Waals surface area (Å²) in [7, 11) is 0. The normalized spacial score (nSPS) is 24.0. The molecular formula is C21H28N4O3. The zero-order valence-electron chi connectivity index (χ0n) is 16.5. The maximum Gasteiger partial charge on any atom is 0.256 e. The van der Waals surface area contributed by atoms with Crippen LogP contribution in [0.1, 0.15) is 36.5 Å². The van der Waals surface area contributed by atoms with Crippen molar-refractivity contribution in [2.24, 2.45) is 0 Å². The molecule has 1 aromatic rings. The standard InChI is InChI=1S/C21H28N4O3/c1-2-22-11-13-23(14-12-22)15-19(26)25-17-8-4-3-7-16(17)20(27)24-10-6-5-9-18(24)21(25)28/h3-4,7-8,18H,2,5-6,9-15H2,1H3/t18-/m0/s1. The predicted octanol–water partition coefficient (Wildman–Crippen LogP) is 1.19. The number of hydrogen-bond acceptors (Lipinski definition) is 5. The molecule has 0 radical (unpaired) electrons. The van der Waals surface area contributed by atoms with E-state index in [-0.39, 0.29) is 24.3 Å². The molecule has 0 saturated carbocycles. The highest BCUT2D eigenvalue weighted by Gasteiger charge is 2.42. The fourth-order valence-electron chi connectivity index (χ4n) is 4.49. The summed E-state index contributed by atoms with van der Waals surface area (Å²) in [6.07, 6.45) is 2.42. The Hall–Kier alpha value is -2.25. The first kappa shape index (κ1) is 19.1. The van der Waals surface area contributed by atoms with E-state index in [4.69, 9.17) is 0 Å². The van der Waals surface area contributed by atoms with Gasteiger partial charge in [0.2, 0.25) is 5.91 Å². The summed E-state index contributed by atoms with van der Waals surface area (Å²) in [5.74, 6) is -0.627. The lowest BCUT2D eigenvalue weighted by Crippen LogP contribution is -2.55. The quantitative estimate of drug-likeness (QED) is 0.783. The summed E-state index contributed by atoms with van der Waals surface area (Å²) in [5, 5.41) is 0. The number of hydrogen-bond donors (Lipinski definition) is 0. The van der Waals surface area contributed by atoms with Gasteiger partial charge in [-0.2, -0.15) is 0 Å². The minimum Gasteiger partial charge on any atom is -0.327 e. The first-order valence-electron chi connectivity index (χ1n) is 10.3. The summed E-state index contributed by atoms with van der Waals surface area (Å²) in [6, 6.07) is 6.48. The maximum atomic E-state index is 13.4. The van der Waals surface area contributed by atoms with Crippen LogP contribution >= 0.6 is 0 Å². The number of piperazine rings is 1. The van der Waals surface area contributed by atoms with Crippen LogP contribution in [0.2, 0.25) is 0 Å². The van der Waals surface area contributed by atoms with E-state index < -0.39 is 6.04 Å². The van der Waals surface area contributed by atoms with Crippen molar-refractivity contribution >= 4 is 23.4 Å². The second kappa shape index (κ2) is 8.01. The van der Waals surface area contributed by atoms with Gasteiger partial charge in [-0.15, -0.1) is 0 Å². The third-order valence-corrected chi connectivity index (χ3v) is 6.16. The molecule has 0 aromatic heterocycles. The van der Waals surface area contributed by atoms with Crippen LogP contribution < -0.4 is 4.90 Å². The molecule has 150 valence electrons. The van der Waals surface area contributed by atoms with Crippen LogP contribution in [0.3, 0.4) is 0 Å². The van der Waals surface area contributed by atoms with Gasteiger partial charge in [-0.1, -0.05) is 19.1 Å². The fraction of sp³-hybridized carbons (Fsp3) is 0.571. The number of piperidine rings is 1. The Bertz CT molecular complexity index is 773. The van der Waals surface area contributed by atoms with E-state index in [9.17, 15) is 14.4 Å². The lowest BCUT2D eigenvalue weighted by Gasteiger charge is -2.36. The molecule has 0 spiro atoms. The number of imide groups is 1. The van der Waals surface area contributed by atoms with E-state index in [0.29, 0.717) is 24.2 Å². The van der Waals surface area contributed by atoms with Crippen molar-refractivity contribution in [3.8, 4) is 0 Å². The number of likely N-dealkylation sites (N-methyl/N-ethyl adjacent to an activating group) is 1. The van der Waals surface area contributed by atoms with Gasteiger partial charge < -0.3 is 9.80 Å². The van der Waals surface area contributed by atoms with E-state index in [1.807, 2.05) is 0 Å². The third-order valence-electron chi connectivity index (χ3n) is 6.16. The molecule has 3 amide bonds. The van der Waals surface area contributed by atoms with Gasteiger partial charge in [0.05, 0.1) is 17.8 Å². The molecule has 1 aromatic carbocycles. The van der Waals surface area contributed by atoms with Gasteiger partial charge in [0.1, 0.15) is 6.04 Å². The number of fused-ring (bicyclic) bond motifs is 2. The van der Waals surface area contributed by atoms with Crippen molar-refractivity contribution in [1.82, 2.24) is 14.7 Å². The molecular weight excluding hydrogens is 356 g/mol. The smallest absolute Gasteiger partial charge is 0.256 e. The number of anilines is 1. The number of carbonyl (C=O) groups is 3. The molecule has 2 saturated heterocycles. The summed E-state index contributed by atoms with van der Waals surface area (Å²) in [4.78, 5) is 47.1. The summed E-state index contributed by atoms with van der Waals surface area (Å²) >= 11 is 0. The summed E-state index contributed by atoms with van der Waals surface area (Å²) in [5.41, 5.74) is 0.883. The number of nitrogens with zero attached hydrogens (tertiary/aromatic N) is 4. The fourth-order valence-corrected chi connectivity index (χ4v) is 4.49. The molecule has 28 heavy (non-hydrogen) atoms. The molecule has 3 aliphatic heterocycles. The Balaban J connectivity index is 1.61. The Labute approximate surface area is 165 Å². The summed E-state index contributed by atoms with van der Waals surface area (Å²) < 4.78 is 0. The van der Waals surface area contributed by atoms with Crippen molar-refractivity contribution in [1.29, 1.82) is 0 Å². The zero-order valence-corrected chi connectivity index (χ0v) is 16.5. The van der Waals surface area contributed by atoms with Gasteiger partial charge >= 0.3 is 0 Å². The Morgan fingerprint density at radius 2 is 1.71 bits per heavy atom. The Morgan fingerprint density at radius 3 is 2.46 bits per heavy atom. The van der Waals surface area contributed by atoms with E-state index in [1.165, 1.54) is 4.90 Å². The van der Waals surface area contributed by atoms with Crippen LogP contribution in [0.4, 0.5) is 5.69 Å². The molecule has 2 fully saturated rings. The third kappa shape index (κ3) is 3.44. The Morgan fingerprint density at radius 1 is 1.00 bits per heavy atom. The van der Waals surface area contributed by atoms with Gasteiger partial charge in [0.15, 0.2) is 0 Å². The monoisotopic (exact) mass is 384 g/mol. The number of para-hydroxylation sites is 1. The van der Waals surface area contributed by atoms with Crippen LogP contribution in [-0.2, 0) is 9.59 Å².